The Morgan fingerprint density at radius 2 is 1.88 bits per heavy atom. The molecule has 0 aromatic heterocycles. The molecule has 1 heterocycles. The normalized spacial score (nSPS) is 53.1. The van der Waals surface area contributed by atoms with E-state index in [1.807, 2.05) is 0 Å². The third-order valence-corrected chi connectivity index (χ3v) is 8.48. The molecule has 3 nitrogen and oxygen atoms in total. The summed E-state index contributed by atoms with van der Waals surface area (Å²) in [4.78, 5) is 11.8. The molecule has 24 heavy (non-hydrogen) atoms. The lowest BCUT2D eigenvalue weighted by Crippen LogP contribution is -2.59. The second-order valence-electron chi connectivity index (χ2n) is 9.66. The van der Waals surface area contributed by atoms with Gasteiger partial charge in [0.05, 0.1) is 12.2 Å². The number of carbonyl (C=O) groups is 1. The first-order chi connectivity index (χ1) is 11.5. The van der Waals surface area contributed by atoms with Crippen LogP contribution in [0.1, 0.15) is 65.2 Å². The summed E-state index contributed by atoms with van der Waals surface area (Å²) in [6.45, 7) is 4.93. The van der Waals surface area contributed by atoms with Crippen molar-refractivity contribution < 1.29 is 9.53 Å². The summed E-state index contributed by atoms with van der Waals surface area (Å²) in [5, 5.41) is 3.25. The lowest BCUT2D eigenvalue weighted by atomic mass is 9.48. The van der Waals surface area contributed by atoms with E-state index in [0.29, 0.717) is 23.7 Å². The molecule has 4 unspecified atom stereocenters. The van der Waals surface area contributed by atoms with Crippen LogP contribution in [0.25, 0.3) is 0 Å². The fourth-order valence-corrected chi connectivity index (χ4v) is 6.95. The zero-order valence-corrected chi connectivity index (χ0v) is 15.1. The highest BCUT2D eigenvalue weighted by atomic mass is 16.5. The second kappa shape index (κ2) is 5.09. The van der Waals surface area contributed by atoms with Crippen LogP contribution in [0.5, 0.6) is 0 Å². The maximum absolute atomic E-state index is 11.8. The molecule has 5 rings (SSSR count). The van der Waals surface area contributed by atoms with Crippen molar-refractivity contribution in [2.24, 2.45) is 28.6 Å². The van der Waals surface area contributed by atoms with Crippen molar-refractivity contribution in [1.82, 2.24) is 5.32 Å². The van der Waals surface area contributed by atoms with Crippen molar-refractivity contribution in [3.8, 4) is 0 Å². The Hall–Kier alpha value is -0.830. The van der Waals surface area contributed by atoms with Gasteiger partial charge in [0.2, 0.25) is 5.91 Å². The zero-order valence-electron chi connectivity index (χ0n) is 15.1. The van der Waals surface area contributed by atoms with Gasteiger partial charge in [-0.2, -0.15) is 0 Å². The van der Waals surface area contributed by atoms with Gasteiger partial charge in [0.1, 0.15) is 0 Å². The van der Waals surface area contributed by atoms with E-state index in [1.165, 1.54) is 44.9 Å². The van der Waals surface area contributed by atoms with Crippen LogP contribution in [0, 0.1) is 28.6 Å². The Labute approximate surface area is 145 Å². The van der Waals surface area contributed by atoms with E-state index < -0.39 is 0 Å². The number of hydrogen-bond donors (Lipinski definition) is 1. The van der Waals surface area contributed by atoms with Crippen LogP contribution in [-0.2, 0) is 9.53 Å². The van der Waals surface area contributed by atoms with Gasteiger partial charge in [-0.05, 0) is 80.6 Å². The van der Waals surface area contributed by atoms with Gasteiger partial charge < -0.3 is 10.1 Å². The molecule has 0 bridgehead atoms. The zero-order chi connectivity index (χ0) is 16.5. The Kier molecular flexibility index (Phi) is 3.27. The van der Waals surface area contributed by atoms with E-state index in [4.69, 9.17) is 4.74 Å². The fourth-order valence-electron chi connectivity index (χ4n) is 6.95. The summed E-state index contributed by atoms with van der Waals surface area (Å²) in [7, 11) is 0. The number of rotatable bonds is 2. The third-order valence-electron chi connectivity index (χ3n) is 8.48. The van der Waals surface area contributed by atoms with Crippen LogP contribution in [0.4, 0.5) is 0 Å². The number of nitrogens with one attached hydrogen (secondary N) is 1. The lowest BCUT2D eigenvalue weighted by Gasteiger charge is -2.58. The van der Waals surface area contributed by atoms with Crippen molar-refractivity contribution in [3.63, 3.8) is 0 Å². The quantitative estimate of drug-likeness (QED) is 0.836. The predicted molar refractivity (Wildman–Crippen MR) is 93.4 cm³/mol. The van der Waals surface area contributed by atoms with Gasteiger partial charge in [-0.3, -0.25) is 4.79 Å². The molecular formula is C21H31NO2. The van der Waals surface area contributed by atoms with Crippen LogP contribution in [0.15, 0.2) is 12.2 Å². The topological polar surface area (TPSA) is 38.3 Å². The van der Waals surface area contributed by atoms with Crippen LogP contribution in [0.2, 0.25) is 0 Å². The molecule has 1 N–H and O–H groups in total. The van der Waals surface area contributed by atoms with Gasteiger partial charge in [0.15, 0.2) is 0 Å². The maximum atomic E-state index is 11.8. The summed E-state index contributed by atoms with van der Waals surface area (Å²) < 4.78 is 6.45. The first kappa shape index (κ1) is 15.4. The van der Waals surface area contributed by atoms with Gasteiger partial charge in [-0.25, -0.2) is 0 Å². The van der Waals surface area contributed by atoms with Gasteiger partial charge in [-0.15, -0.1) is 0 Å². The molecule has 0 aromatic rings. The van der Waals surface area contributed by atoms with E-state index in [-0.39, 0.29) is 11.3 Å². The highest BCUT2D eigenvalue weighted by molar-refractivity contribution is 5.89. The van der Waals surface area contributed by atoms with Gasteiger partial charge >= 0.3 is 0 Å². The molecule has 4 fully saturated rings. The van der Waals surface area contributed by atoms with Gasteiger partial charge in [-0.1, -0.05) is 19.9 Å². The summed E-state index contributed by atoms with van der Waals surface area (Å²) in [6, 6.07) is 0.348. The number of fused-ring (bicyclic) bond motifs is 5. The number of ether oxygens (including phenoxy) is 1. The Balaban J connectivity index is 1.42. The molecule has 1 amide bonds. The Bertz CT molecular complexity index is 582. The summed E-state index contributed by atoms with van der Waals surface area (Å²) >= 11 is 0. The summed E-state index contributed by atoms with van der Waals surface area (Å²) in [6.07, 6.45) is 15.4. The molecule has 4 saturated carbocycles. The average Bonchev–Trinajstić information content (AvgIpc) is 3.31. The predicted octanol–water partition coefficient (Wildman–Crippen LogP) is 3.83. The first-order valence-corrected chi connectivity index (χ1v) is 10.2. The van der Waals surface area contributed by atoms with Crippen molar-refractivity contribution in [2.75, 3.05) is 0 Å². The second-order valence-corrected chi connectivity index (χ2v) is 9.66. The largest absolute Gasteiger partial charge is 0.374 e. The molecule has 0 spiro atoms. The first-order valence-electron chi connectivity index (χ1n) is 10.2. The minimum Gasteiger partial charge on any atom is -0.374 e. The molecule has 7 atom stereocenters. The lowest BCUT2D eigenvalue weighted by molar-refractivity contribution is -0.125. The van der Waals surface area contributed by atoms with Crippen LogP contribution < -0.4 is 5.32 Å². The fraction of sp³-hybridized carbons (Fsp3) is 0.857. The van der Waals surface area contributed by atoms with E-state index in [2.05, 4.69) is 25.2 Å². The van der Waals surface area contributed by atoms with Crippen molar-refractivity contribution >= 4 is 5.91 Å². The van der Waals surface area contributed by atoms with E-state index in [0.717, 1.165) is 24.2 Å². The molecular weight excluding hydrogens is 298 g/mol. The molecule has 5 aliphatic rings. The summed E-state index contributed by atoms with van der Waals surface area (Å²) in [5.74, 6) is 2.47. The molecule has 0 saturated heterocycles. The molecule has 0 aromatic carbocycles. The standard InChI is InChI=1S/C21H31NO2/c1-20-12-10-19(23)22-17(20)7-5-14-15-6-8-18(24-13-3-4-13)21(15,2)11-9-16(14)20/h10,12-18H,3-9,11H2,1-2H3,(H,22,23)/t14?,15?,16?,17-,18+,20?,21+/m1/s1. The number of carbonyl (C=O) groups excluding carboxylic acids is 1. The smallest absolute Gasteiger partial charge is 0.243 e. The maximum Gasteiger partial charge on any atom is 0.243 e. The molecule has 0 radical (unpaired) electrons. The Morgan fingerprint density at radius 1 is 1.04 bits per heavy atom. The molecule has 132 valence electrons. The number of amides is 1. The van der Waals surface area contributed by atoms with Crippen molar-refractivity contribution in [1.29, 1.82) is 0 Å². The highest BCUT2D eigenvalue weighted by Gasteiger charge is 2.60. The SMILES string of the molecule is CC12C=CC(=O)N[C@@H]1CCC1C2CC[C@@]2(C)C1CC[C@@H]2OC1CC1. The minimum absolute atomic E-state index is 0.107. The van der Waals surface area contributed by atoms with Crippen LogP contribution in [0.3, 0.4) is 0 Å². The van der Waals surface area contributed by atoms with E-state index >= 15 is 0 Å². The summed E-state index contributed by atoms with van der Waals surface area (Å²) in [5.41, 5.74) is 0.558. The highest BCUT2D eigenvalue weighted by Crippen LogP contribution is 2.64. The third kappa shape index (κ3) is 2.09. The van der Waals surface area contributed by atoms with E-state index in [1.54, 1.807) is 6.08 Å². The molecule has 1 aliphatic heterocycles. The van der Waals surface area contributed by atoms with Gasteiger partial charge in [0, 0.05) is 11.5 Å². The Morgan fingerprint density at radius 3 is 2.67 bits per heavy atom. The molecule has 4 aliphatic carbocycles. The van der Waals surface area contributed by atoms with Gasteiger partial charge in [0.25, 0.3) is 0 Å². The number of hydrogen-bond acceptors (Lipinski definition) is 2. The minimum atomic E-state index is 0.107. The average molecular weight is 329 g/mol. The van der Waals surface area contributed by atoms with E-state index in [9.17, 15) is 4.79 Å². The van der Waals surface area contributed by atoms with Crippen LogP contribution >= 0.6 is 0 Å². The monoisotopic (exact) mass is 329 g/mol. The van der Waals surface area contributed by atoms with Crippen molar-refractivity contribution in [2.45, 2.75) is 83.5 Å². The van der Waals surface area contributed by atoms with Crippen molar-refractivity contribution in [3.05, 3.63) is 12.2 Å². The molecule has 3 heteroatoms. The van der Waals surface area contributed by atoms with Crippen LogP contribution in [-0.4, -0.2) is 24.2 Å².